The van der Waals surface area contributed by atoms with Crippen LogP contribution in [0, 0.1) is 5.82 Å². The average Bonchev–Trinajstić information content (AvgIpc) is 3.34. The molecular formula is C22H24F4N4O3. The van der Waals surface area contributed by atoms with E-state index < -0.39 is 48.3 Å². The molecule has 4 rings (SSSR count). The Balaban J connectivity index is 1.61. The first-order valence-electron chi connectivity index (χ1n) is 10.6. The maximum atomic E-state index is 14.6. The third kappa shape index (κ3) is 5.09. The van der Waals surface area contributed by atoms with Gasteiger partial charge in [0.25, 0.3) is 6.43 Å². The minimum Gasteiger partial charge on any atom is -0.363 e. The van der Waals surface area contributed by atoms with Crippen LogP contribution in [0.15, 0.2) is 24.5 Å². The van der Waals surface area contributed by atoms with Crippen molar-refractivity contribution in [3.8, 4) is 0 Å². The molecule has 0 bridgehead atoms. The summed E-state index contributed by atoms with van der Waals surface area (Å²) in [5.41, 5.74) is -0.796. The van der Waals surface area contributed by atoms with Crippen molar-refractivity contribution in [1.29, 1.82) is 0 Å². The molecule has 2 heterocycles. The van der Waals surface area contributed by atoms with Gasteiger partial charge in [0.15, 0.2) is 6.29 Å². The van der Waals surface area contributed by atoms with Crippen molar-refractivity contribution < 1.29 is 31.8 Å². The van der Waals surface area contributed by atoms with Crippen molar-refractivity contribution in [2.75, 3.05) is 25.2 Å². The first-order chi connectivity index (χ1) is 15.8. The minimum absolute atomic E-state index is 0.0311. The third-order valence-electron chi connectivity index (χ3n) is 5.78. The molecule has 1 aromatic heterocycles. The maximum Gasteiger partial charge on any atom is 0.266 e. The van der Waals surface area contributed by atoms with Gasteiger partial charge >= 0.3 is 0 Å². The zero-order valence-corrected chi connectivity index (χ0v) is 17.9. The predicted octanol–water partition coefficient (Wildman–Crippen LogP) is 3.93. The zero-order valence-electron chi connectivity index (χ0n) is 17.9. The fraction of sp³-hybridized carbons (Fsp3) is 0.500. The van der Waals surface area contributed by atoms with E-state index in [0.717, 1.165) is 6.07 Å². The second kappa shape index (κ2) is 9.60. The fourth-order valence-electron chi connectivity index (χ4n) is 3.75. The SMILES string of the molecule is CC(Nc1ncnc(CC(=O)NC2(CF)CC2)c1C1OCCO1)c1cccc(C(F)F)c1F. The highest BCUT2D eigenvalue weighted by Crippen LogP contribution is 2.37. The predicted molar refractivity (Wildman–Crippen MR) is 110 cm³/mol. The lowest BCUT2D eigenvalue weighted by Crippen LogP contribution is -2.39. The molecule has 1 amide bonds. The van der Waals surface area contributed by atoms with E-state index in [1.807, 2.05) is 0 Å². The van der Waals surface area contributed by atoms with Gasteiger partial charge in [-0.15, -0.1) is 0 Å². The van der Waals surface area contributed by atoms with Crippen molar-refractivity contribution >= 4 is 11.7 Å². The quantitative estimate of drug-likeness (QED) is 0.543. The number of hydrogen-bond acceptors (Lipinski definition) is 6. The summed E-state index contributed by atoms with van der Waals surface area (Å²) in [6.45, 7) is 1.59. The van der Waals surface area contributed by atoms with Crippen LogP contribution in [0.25, 0.3) is 0 Å². The first-order valence-corrected chi connectivity index (χ1v) is 10.6. The van der Waals surface area contributed by atoms with Gasteiger partial charge in [-0.05, 0) is 19.8 Å². The van der Waals surface area contributed by atoms with Crippen LogP contribution in [-0.2, 0) is 20.7 Å². The van der Waals surface area contributed by atoms with Crippen molar-refractivity contribution in [3.63, 3.8) is 0 Å². The Hall–Kier alpha value is -2.79. The molecule has 1 unspecified atom stereocenters. The minimum atomic E-state index is -2.95. The molecule has 2 fully saturated rings. The smallest absolute Gasteiger partial charge is 0.266 e. The largest absolute Gasteiger partial charge is 0.363 e. The van der Waals surface area contributed by atoms with Crippen molar-refractivity contribution in [1.82, 2.24) is 15.3 Å². The van der Waals surface area contributed by atoms with E-state index in [1.54, 1.807) is 6.92 Å². The summed E-state index contributed by atoms with van der Waals surface area (Å²) >= 11 is 0. The second-order valence-corrected chi connectivity index (χ2v) is 8.21. The van der Waals surface area contributed by atoms with Crippen LogP contribution in [0.1, 0.15) is 60.9 Å². The van der Waals surface area contributed by atoms with Crippen LogP contribution in [0.3, 0.4) is 0 Å². The summed E-state index contributed by atoms with van der Waals surface area (Å²) < 4.78 is 65.2. The number of ether oxygens (including phenoxy) is 2. The first kappa shape index (κ1) is 23.4. The summed E-state index contributed by atoms with van der Waals surface area (Å²) in [6, 6.07) is 3.05. The van der Waals surface area contributed by atoms with E-state index in [-0.39, 0.29) is 17.8 Å². The number of anilines is 1. The monoisotopic (exact) mass is 468 g/mol. The normalized spacial score (nSPS) is 18.4. The van der Waals surface area contributed by atoms with Gasteiger partial charge < -0.3 is 20.1 Å². The number of aromatic nitrogens is 2. The van der Waals surface area contributed by atoms with Gasteiger partial charge in [0.1, 0.15) is 24.6 Å². The van der Waals surface area contributed by atoms with Gasteiger partial charge in [-0.1, -0.05) is 18.2 Å². The van der Waals surface area contributed by atoms with E-state index in [4.69, 9.17) is 9.47 Å². The highest BCUT2D eigenvalue weighted by atomic mass is 19.3. The molecule has 1 atom stereocenters. The van der Waals surface area contributed by atoms with Crippen molar-refractivity contribution in [3.05, 3.63) is 52.7 Å². The van der Waals surface area contributed by atoms with Gasteiger partial charge in [-0.25, -0.2) is 27.5 Å². The number of alkyl halides is 3. The molecule has 33 heavy (non-hydrogen) atoms. The summed E-state index contributed by atoms with van der Waals surface area (Å²) in [5, 5.41) is 5.71. The summed E-state index contributed by atoms with van der Waals surface area (Å²) in [4.78, 5) is 20.9. The number of halogens is 4. The molecule has 1 aliphatic carbocycles. The Morgan fingerprint density at radius 2 is 1.91 bits per heavy atom. The van der Waals surface area contributed by atoms with Crippen LogP contribution >= 0.6 is 0 Å². The van der Waals surface area contributed by atoms with Crippen LogP contribution < -0.4 is 10.6 Å². The number of amides is 1. The van der Waals surface area contributed by atoms with Gasteiger partial charge in [0.05, 0.1) is 48.0 Å². The Morgan fingerprint density at radius 1 is 1.21 bits per heavy atom. The van der Waals surface area contributed by atoms with Crippen LogP contribution in [0.4, 0.5) is 23.4 Å². The third-order valence-corrected chi connectivity index (χ3v) is 5.78. The molecule has 2 aliphatic rings. The van der Waals surface area contributed by atoms with Gasteiger partial charge in [0.2, 0.25) is 5.91 Å². The average molecular weight is 468 g/mol. The van der Waals surface area contributed by atoms with E-state index in [9.17, 15) is 22.4 Å². The Labute approximate surface area is 187 Å². The van der Waals surface area contributed by atoms with Crippen molar-refractivity contribution in [2.24, 2.45) is 0 Å². The molecule has 1 saturated carbocycles. The summed E-state index contributed by atoms with van der Waals surface area (Å²) in [5.74, 6) is -1.18. The van der Waals surface area contributed by atoms with E-state index in [2.05, 4.69) is 20.6 Å². The van der Waals surface area contributed by atoms with E-state index >= 15 is 0 Å². The standard InChI is InChI=1S/C22H24F4N4O3/c1-12(13-3-2-4-14(18(13)24)19(25)26)29-20-17(21-32-7-8-33-21)15(27-11-28-20)9-16(31)30-22(10-23)5-6-22/h2-4,11-12,19,21H,5-10H2,1H3,(H,30,31)(H,27,28,29). The number of rotatable bonds is 9. The van der Waals surface area contributed by atoms with Crippen LogP contribution in [-0.4, -0.2) is 41.3 Å². The summed E-state index contributed by atoms with van der Waals surface area (Å²) in [6.07, 6.45) is -1.60. The lowest BCUT2D eigenvalue weighted by Gasteiger charge is -2.22. The molecule has 11 heteroatoms. The molecular weight excluding hydrogens is 444 g/mol. The number of nitrogens with one attached hydrogen (secondary N) is 2. The topological polar surface area (TPSA) is 85.4 Å². The number of benzene rings is 1. The molecule has 0 radical (unpaired) electrons. The highest BCUT2D eigenvalue weighted by molar-refractivity contribution is 5.80. The fourth-order valence-corrected chi connectivity index (χ4v) is 3.75. The van der Waals surface area contributed by atoms with E-state index in [0.29, 0.717) is 37.3 Å². The van der Waals surface area contributed by atoms with Crippen LogP contribution in [0.2, 0.25) is 0 Å². The second-order valence-electron chi connectivity index (χ2n) is 8.21. The number of hydrogen-bond donors (Lipinski definition) is 2. The van der Waals surface area contributed by atoms with Gasteiger partial charge in [-0.2, -0.15) is 0 Å². The van der Waals surface area contributed by atoms with Gasteiger partial charge in [0, 0.05) is 5.56 Å². The Kier molecular flexibility index (Phi) is 6.80. The Bertz CT molecular complexity index is 1010. The molecule has 0 spiro atoms. The molecule has 2 N–H and O–H groups in total. The molecule has 178 valence electrons. The molecule has 7 nitrogen and oxygen atoms in total. The van der Waals surface area contributed by atoms with Gasteiger partial charge in [-0.3, -0.25) is 4.79 Å². The zero-order chi connectivity index (χ0) is 23.6. The lowest BCUT2D eigenvalue weighted by molar-refractivity contribution is -0.121. The molecule has 1 aliphatic heterocycles. The Morgan fingerprint density at radius 3 is 2.55 bits per heavy atom. The number of carbonyl (C=O) groups excluding carboxylic acids is 1. The number of nitrogens with zero attached hydrogens (tertiary/aromatic N) is 2. The van der Waals surface area contributed by atoms with Crippen molar-refractivity contribution in [2.45, 2.75) is 50.5 Å². The molecule has 1 aromatic carbocycles. The lowest BCUT2D eigenvalue weighted by atomic mass is 10.0. The maximum absolute atomic E-state index is 14.6. The number of carbonyl (C=O) groups is 1. The summed E-state index contributed by atoms with van der Waals surface area (Å²) in [7, 11) is 0. The van der Waals surface area contributed by atoms with Crippen LogP contribution in [0.5, 0.6) is 0 Å². The van der Waals surface area contributed by atoms with E-state index in [1.165, 1.54) is 18.5 Å². The molecule has 1 saturated heterocycles. The molecule has 2 aromatic rings. The highest BCUT2D eigenvalue weighted by Gasteiger charge is 2.44.